The van der Waals surface area contributed by atoms with Gasteiger partial charge in [-0.05, 0) is 61.2 Å². The van der Waals surface area contributed by atoms with Crippen molar-refractivity contribution in [3.05, 3.63) is 77.6 Å². The number of ether oxygens (including phenoxy) is 2. The topological polar surface area (TPSA) is 76.8 Å². The Labute approximate surface area is 215 Å². The van der Waals surface area contributed by atoms with Gasteiger partial charge in [0.05, 0.1) is 13.7 Å². The average Bonchev–Trinajstić information content (AvgIpc) is 3.33. The van der Waals surface area contributed by atoms with Crippen LogP contribution in [0.1, 0.15) is 35.7 Å². The van der Waals surface area contributed by atoms with Gasteiger partial charge in [0.2, 0.25) is 0 Å². The zero-order valence-corrected chi connectivity index (χ0v) is 21.0. The molecule has 0 atom stereocenters. The van der Waals surface area contributed by atoms with Gasteiger partial charge < -0.3 is 19.2 Å². The summed E-state index contributed by atoms with van der Waals surface area (Å²) in [6, 6.07) is 18.6. The van der Waals surface area contributed by atoms with E-state index in [-0.39, 0.29) is 11.9 Å². The predicted octanol–water partition coefficient (Wildman–Crippen LogP) is 5.90. The lowest BCUT2D eigenvalue weighted by Gasteiger charge is -2.32. The number of methoxy groups -OCH3 is 1. The standard InChI is InChI=1S/C29H30FN3O4/c1-3-36-26-17-19(7-12-23(26)20-8-10-21(30)11-9-20)18-33-15-13-22(14-16-33)31-29-32-25-6-4-5-24(27(25)37-29)28(34)35-2/h4-12,17,22H,3,13-16,18H2,1-2H3,(H,31,32). The number of fused-ring (bicyclic) bond motifs is 1. The SMILES string of the molecule is CCOc1cc(CN2CCC(Nc3nc4cccc(C(=O)OC)c4o3)CC2)ccc1-c1ccc(F)cc1. The molecule has 0 radical (unpaired) electrons. The van der Waals surface area contributed by atoms with Crippen molar-refractivity contribution >= 4 is 23.1 Å². The Kier molecular flexibility index (Phi) is 7.37. The molecule has 37 heavy (non-hydrogen) atoms. The number of nitrogens with one attached hydrogen (secondary N) is 1. The van der Waals surface area contributed by atoms with Crippen molar-refractivity contribution in [3.8, 4) is 16.9 Å². The number of oxazole rings is 1. The molecule has 0 amide bonds. The van der Waals surface area contributed by atoms with Crippen LogP contribution in [0, 0.1) is 5.82 Å². The molecular weight excluding hydrogens is 473 g/mol. The van der Waals surface area contributed by atoms with Crippen LogP contribution in [0.3, 0.4) is 0 Å². The summed E-state index contributed by atoms with van der Waals surface area (Å²) in [5.41, 5.74) is 4.49. The Hall–Kier alpha value is -3.91. The van der Waals surface area contributed by atoms with Gasteiger partial charge in [0.15, 0.2) is 5.58 Å². The maximum atomic E-state index is 13.4. The number of rotatable bonds is 8. The van der Waals surface area contributed by atoms with Crippen LogP contribution in [0.15, 0.2) is 65.1 Å². The van der Waals surface area contributed by atoms with Crippen LogP contribution < -0.4 is 10.1 Å². The van der Waals surface area contributed by atoms with E-state index in [9.17, 15) is 9.18 Å². The summed E-state index contributed by atoms with van der Waals surface area (Å²) < 4.78 is 30.0. The molecule has 0 unspecified atom stereocenters. The average molecular weight is 504 g/mol. The minimum absolute atomic E-state index is 0.228. The van der Waals surface area contributed by atoms with E-state index in [0.29, 0.717) is 29.3 Å². The number of esters is 1. The van der Waals surface area contributed by atoms with E-state index in [4.69, 9.17) is 13.9 Å². The first-order valence-corrected chi connectivity index (χ1v) is 12.5. The second-order valence-electron chi connectivity index (χ2n) is 9.13. The van der Waals surface area contributed by atoms with Crippen LogP contribution in [-0.4, -0.2) is 48.7 Å². The normalized spacial score (nSPS) is 14.6. The van der Waals surface area contributed by atoms with E-state index in [1.54, 1.807) is 24.3 Å². The number of hydrogen-bond acceptors (Lipinski definition) is 7. The second kappa shape index (κ2) is 11.0. The number of likely N-dealkylation sites (tertiary alicyclic amines) is 1. The van der Waals surface area contributed by atoms with Gasteiger partial charge in [-0.15, -0.1) is 0 Å². The van der Waals surface area contributed by atoms with Crippen LogP contribution in [0.5, 0.6) is 5.75 Å². The molecule has 1 N–H and O–H groups in total. The highest BCUT2D eigenvalue weighted by Gasteiger charge is 2.22. The van der Waals surface area contributed by atoms with Crippen LogP contribution in [-0.2, 0) is 11.3 Å². The van der Waals surface area contributed by atoms with Gasteiger partial charge in [0.25, 0.3) is 6.01 Å². The number of carbonyl (C=O) groups is 1. The lowest BCUT2D eigenvalue weighted by molar-refractivity contribution is 0.0602. The maximum absolute atomic E-state index is 13.4. The molecule has 192 valence electrons. The van der Waals surface area contributed by atoms with Crippen molar-refractivity contribution in [3.63, 3.8) is 0 Å². The zero-order valence-electron chi connectivity index (χ0n) is 21.0. The van der Waals surface area contributed by atoms with E-state index in [1.165, 1.54) is 24.8 Å². The highest BCUT2D eigenvalue weighted by molar-refractivity contribution is 6.01. The van der Waals surface area contributed by atoms with Crippen molar-refractivity contribution < 1.29 is 23.1 Å². The smallest absolute Gasteiger partial charge is 0.341 e. The number of benzene rings is 3. The van der Waals surface area contributed by atoms with E-state index >= 15 is 0 Å². The summed E-state index contributed by atoms with van der Waals surface area (Å²) in [6.07, 6.45) is 1.88. The Bertz CT molecular complexity index is 1380. The van der Waals surface area contributed by atoms with Crippen LogP contribution >= 0.6 is 0 Å². The first-order valence-electron chi connectivity index (χ1n) is 12.5. The van der Waals surface area contributed by atoms with Crippen molar-refractivity contribution in [2.24, 2.45) is 0 Å². The van der Waals surface area contributed by atoms with Gasteiger partial charge in [-0.1, -0.05) is 30.3 Å². The molecule has 0 spiro atoms. The molecule has 1 fully saturated rings. The van der Waals surface area contributed by atoms with E-state index in [2.05, 4.69) is 33.4 Å². The van der Waals surface area contributed by atoms with Crippen molar-refractivity contribution in [2.45, 2.75) is 32.4 Å². The molecule has 2 heterocycles. The molecule has 4 aromatic rings. The largest absolute Gasteiger partial charge is 0.493 e. The number of anilines is 1. The fourth-order valence-corrected chi connectivity index (χ4v) is 4.76. The molecule has 0 saturated carbocycles. The summed E-state index contributed by atoms with van der Waals surface area (Å²) in [7, 11) is 1.35. The summed E-state index contributed by atoms with van der Waals surface area (Å²) in [5, 5.41) is 3.39. The summed E-state index contributed by atoms with van der Waals surface area (Å²) in [6.45, 7) is 5.20. The lowest BCUT2D eigenvalue weighted by atomic mass is 10.0. The second-order valence-corrected chi connectivity index (χ2v) is 9.13. The number of halogens is 1. The van der Waals surface area contributed by atoms with Gasteiger partial charge in [-0.25, -0.2) is 9.18 Å². The zero-order chi connectivity index (χ0) is 25.8. The molecular formula is C29H30FN3O4. The molecule has 1 aliphatic heterocycles. The molecule has 0 aliphatic carbocycles. The quantitative estimate of drug-likeness (QED) is 0.300. The van der Waals surface area contributed by atoms with Crippen molar-refractivity contribution in [2.75, 3.05) is 32.1 Å². The Morgan fingerprint density at radius 3 is 2.65 bits per heavy atom. The van der Waals surface area contributed by atoms with E-state index in [1.807, 2.05) is 13.0 Å². The highest BCUT2D eigenvalue weighted by Crippen LogP contribution is 2.32. The highest BCUT2D eigenvalue weighted by atomic mass is 19.1. The fraction of sp³-hybridized carbons (Fsp3) is 0.310. The van der Waals surface area contributed by atoms with Crippen molar-refractivity contribution in [1.82, 2.24) is 9.88 Å². The lowest BCUT2D eigenvalue weighted by Crippen LogP contribution is -2.38. The summed E-state index contributed by atoms with van der Waals surface area (Å²) in [5.74, 6) is 0.114. The number of nitrogens with zero attached hydrogens (tertiary/aromatic N) is 2. The molecule has 5 rings (SSSR count). The first kappa shape index (κ1) is 24.8. The molecule has 0 bridgehead atoms. The molecule has 8 heteroatoms. The Morgan fingerprint density at radius 1 is 1.14 bits per heavy atom. The minimum atomic E-state index is -0.445. The third-order valence-corrected chi connectivity index (χ3v) is 6.64. The third kappa shape index (κ3) is 5.59. The van der Waals surface area contributed by atoms with Gasteiger partial charge in [0.1, 0.15) is 22.6 Å². The van der Waals surface area contributed by atoms with Gasteiger partial charge in [-0.2, -0.15) is 4.98 Å². The molecule has 7 nitrogen and oxygen atoms in total. The van der Waals surface area contributed by atoms with Crippen LogP contribution in [0.2, 0.25) is 0 Å². The Balaban J connectivity index is 1.21. The van der Waals surface area contributed by atoms with Crippen LogP contribution in [0.4, 0.5) is 10.4 Å². The molecule has 1 aromatic heterocycles. The molecule has 1 aliphatic rings. The van der Waals surface area contributed by atoms with Gasteiger partial charge in [0, 0.05) is 31.2 Å². The molecule has 1 saturated heterocycles. The number of carbonyl (C=O) groups excluding carboxylic acids is 1. The van der Waals surface area contributed by atoms with Gasteiger partial charge in [-0.3, -0.25) is 4.90 Å². The number of aromatic nitrogens is 1. The first-order chi connectivity index (χ1) is 18.0. The Morgan fingerprint density at radius 2 is 1.92 bits per heavy atom. The molecule has 3 aromatic carbocycles. The van der Waals surface area contributed by atoms with Crippen LogP contribution in [0.25, 0.3) is 22.2 Å². The predicted molar refractivity (Wildman–Crippen MR) is 140 cm³/mol. The van der Waals surface area contributed by atoms with E-state index in [0.717, 1.165) is 49.4 Å². The minimum Gasteiger partial charge on any atom is -0.493 e. The fourth-order valence-electron chi connectivity index (χ4n) is 4.76. The van der Waals surface area contributed by atoms with E-state index < -0.39 is 5.97 Å². The summed E-state index contributed by atoms with van der Waals surface area (Å²) >= 11 is 0. The third-order valence-electron chi connectivity index (χ3n) is 6.64. The maximum Gasteiger partial charge on any atom is 0.341 e. The monoisotopic (exact) mass is 503 g/mol. The summed E-state index contributed by atoms with van der Waals surface area (Å²) in [4.78, 5) is 18.9. The number of para-hydroxylation sites is 1. The van der Waals surface area contributed by atoms with Gasteiger partial charge >= 0.3 is 5.97 Å². The van der Waals surface area contributed by atoms with Crippen molar-refractivity contribution in [1.29, 1.82) is 0 Å². The number of hydrogen-bond donors (Lipinski definition) is 1. The number of piperidine rings is 1.